The minimum absolute atomic E-state index is 0.172. The monoisotopic (exact) mass is 303 g/mol. The molecular formula is C15H21N5O2. The topological polar surface area (TPSA) is 81.9 Å². The summed E-state index contributed by atoms with van der Waals surface area (Å²) in [7, 11) is 1.72. The molecule has 0 saturated carbocycles. The Balaban J connectivity index is 1.90. The van der Waals surface area contributed by atoms with Gasteiger partial charge in [0, 0.05) is 12.1 Å². The summed E-state index contributed by atoms with van der Waals surface area (Å²) in [5.41, 5.74) is 1.47. The van der Waals surface area contributed by atoms with Gasteiger partial charge in [-0.05, 0) is 37.6 Å². The highest BCUT2D eigenvalue weighted by Gasteiger charge is 2.15. The highest BCUT2D eigenvalue weighted by atomic mass is 16.6. The lowest BCUT2D eigenvalue weighted by atomic mass is 10.1. The number of ether oxygens (including phenoxy) is 1. The molecule has 118 valence electrons. The number of aromatic nitrogens is 4. The van der Waals surface area contributed by atoms with Crippen LogP contribution < -0.4 is 5.32 Å². The fourth-order valence-electron chi connectivity index (χ4n) is 1.91. The number of nitrogens with one attached hydrogen (secondary N) is 1. The number of hydrogen-bond donors (Lipinski definition) is 1. The van der Waals surface area contributed by atoms with E-state index in [1.54, 1.807) is 7.05 Å². The predicted molar refractivity (Wildman–Crippen MR) is 81.8 cm³/mol. The first-order valence-corrected chi connectivity index (χ1v) is 7.09. The molecule has 0 bridgehead atoms. The highest BCUT2D eigenvalue weighted by molar-refractivity contribution is 5.72. The van der Waals surface area contributed by atoms with Gasteiger partial charge in [0.25, 0.3) is 0 Å². The van der Waals surface area contributed by atoms with E-state index in [9.17, 15) is 4.79 Å². The van der Waals surface area contributed by atoms with Crippen molar-refractivity contribution < 1.29 is 9.53 Å². The lowest BCUT2D eigenvalue weighted by Gasteiger charge is -2.19. The number of hydrogen-bond acceptors (Lipinski definition) is 6. The minimum Gasteiger partial charge on any atom is -0.459 e. The van der Waals surface area contributed by atoms with E-state index in [0.717, 1.165) is 11.1 Å². The Morgan fingerprint density at radius 3 is 2.77 bits per heavy atom. The van der Waals surface area contributed by atoms with Gasteiger partial charge in [-0.1, -0.05) is 18.2 Å². The van der Waals surface area contributed by atoms with Gasteiger partial charge in [-0.2, -0.15) is 4.80 Å². The smallest absolute Gasteiger partial charge is 0.320 e. The molecule has 0 spiro atoms. The molecule has 1 aromatic heterocycles. The van der Waals surface area contributed by atoms with E-state index in [2.05, 4.69) is 20.7 Å². The van der Waals surface area contributed by atoms with Gasteiger partial charge in [-0.15, -0.1) is 10.2 Å². The van der Waals surface area contributed by atoms with E-state index in [4.69, 9.17) is 4.74 Å². The SMILES string of the molecule is Cn1nnc(-c2cccc(CNCC(=O)OC(C)(C)C)c2)n1. The van der Waals surface area contributed by atoms with Gasteiger partial charge in [0.1, 0.15) is 5.60 Å². The molecule has 1 heterocycles. The van der Waals surface area contributed by atoms with Gasteiger partial charge < -0.3 is 10.1 Å². The Bertz CT molecular complexity index is 645. The molecule has 1 aromatic carbocycles. The molecule has 0 radical (unpaired) electrons. The largest absolute Gasteiger partial charge is 0.459 e. The molecule has 0 aliphatic rings. The molecule has 0 atom stereocenters. The number of aryl methyl sites for hydroxylation is 1. The third-order valence-corrected chi connectivity index (χ3v) is 2.71. The van der Waals surface area contributed by atoms with Crippen molar-refractivity contribution in [1.29, 1.82) is 0 Å². The van der Waals surface area contributed by atoms with Gasteiger partial charge >= 0.3 is 5.97 Å². The first-order valence-electron chi connectivity index (χ1n) is 7.09. The first-order chi connectivity index (χ1) is 10.3. The summed E-state index contributed by atoms with van der Waals surface area (Å²) in [6.45, 7) is 6.28. The van der Waals surface area contributed by atoms with Gasteiger partial charge in [0.05, 0.1) is 13.6 Å². The van der Waals surface area contributed by atoms with Crippen molar-refractivity contribution in [3.8, 4) is 11.4 Å². The zero-order chi connectivity index (χ0) is 16.2. The Morgan fingerprint density at radius 1 is 1.36 bits per heavy atom. The Hall–Kier alpha value is -2.28. The van der Waals surface area contributed by atoms with Crippen LogP contribution in [0, 0.1) is 0 Å². The van der Waals surface area contributed by atoms with Gasteiger partial charge in [-0.3, -0.25) is 4.79 Å². The minimum atomic E-state index is -0.462. The number of rotatable bonds is 5. The number of carbonyl (C=O) groups excluding carboxylic acids is 1. The van der Waals surface area contributed by atoms with E-state index >= 15 is 0 Å². The van der Waals surface area contributed by atoms with E-state index < -0.39 is 5.60 Å². The lowest BCUT2D eigenvalue weighted by molar-refractivity contribution is -0.153. The first kappa shape index (κ1) is 16.1. The summed E-state index contributed by atoms with van der Waals surface area (Å²) in [6.07, 6.45) is 0. The van der Waals surface area contributed by atoms with Crippen LogP contribution >= 0.6 is 0 Å². The molecule has 0 amide bonds. The molecule has 0 aliphatic heterocycles. The summed E-state index contributed by atoms with van der Waals surface area (Å²) in [6, 6.07) is 7.80. The standard InChI is InChI=1S/C15H21N5O2/c1-15(2,3)22-13(21)10-16-9-11-6-5-7-12(8-11)14-17-19-20(4)18-14/h5-8,16H,9-10H2,1-4H3. The van der Waals surface area contributed by atoms with E-state index in [-0.39, 0.29) is 12.5 Å². The second-order valence-corrected chi connectivity index (χ2v) is 5.99. The number of carbonyl (C=O) groups is 1. The third-order valence-electron chi connectivity index (χ3n) is 2.71. The molecule has 0 aliphatic carbocycles. The lowest BCUT2D eigenvalue weighted by Crippen LogP contribution is -2.31. The van der Waals surface area contributed by atoms with E-state index in [0.29, 0.717) is 12.4 Å². The molecular weight excluding hydrogens is 282 g/mol. The zero-order valence-electron chi connectivity index (χ0n) is 13.3. The number of nitrogens with zero attached hydrogens (tertiary/aromatic N) is 4. The predicted octanol–water partition coefficient (Wildman–Crippen LogP) is 1.31. The van der Waals surface area contributed by atoms with Crippen LogP contribution in [0.2, 0.25) is 0 Å². The second-order valence-electron chi connectivity index (χ2n) is 5.99. The average Bonchev–Trinajstić information content (AvgIpc) is 2.84. The van der Waals surface area contributed by atoms with Crippen LogP contribution in [0.3, 0.4) is 0 Å². The summed E-state index contributed by atoms with van der Waals surface area (Å²) in [4.78, 5) is 13.0. The Morgan fingerprint density at radius 2 is 2.14 bits per heavy atom. The molecule has 7 heteroatoms. The van der Waals surface area contributed by atoms with Crippen LogP contribution in [0.25, 0.3) is 11.4 Å². The normalized spacial score (nSPS) is 11.5. The van der Waals surface area contributed by atoms with Gasteiger partial charge in [0.2, 0.25) is 5.82 Å². The van der Waals surface area contributed by atoms with E-state index in [1.807, 2.05) is 45.0 Å². The van der Waals surface area contributed by atoms with Crippen LogP contribution in [-0.4, -0.2) is 38.3 Å². The highest BCUT2D eigenvalue weighted by Crippen LogP contribution is 2.15. The maximum Gasteiger partial charge on any atom is 0.320 e. The maximum absolute atomic E-state index is 11.6. The van der Waals surface area contributed by atoms with Crippen LogP contribution in [0.5, 0.6) is 0 Å². The van der Waals surface area contributed by atoms with Crippen molar-refractivity contribution in [3.63, 3.8) is 0 Å². The van der Waals surface area contributed by atoms with Crippen LogP contribution in [-0.2, 0) is 23.1 Å². The number of tetrazole rings is 1. The van der Waals surface area contributed by atoms with Crippen molar-refractivity contribution in [2.45, 2.75) is 32.9 Å². The Labute approximate surface area is 129 Å². The third kappa shape index (κ3) is 4.92. The molecule has 2 aromatic rings. The molecule has 0 fully saturated rings. The van der Waals surface area contributed by atoms with E-state index in [1.165, 1.54) is 4.80 Å². The fraction of sp³-hybridized carbons (Fsp3) is 0.467. The fourth-order valence-corrected chi connectivity index (χ4v) is 1.91. The average molecular weight is 303 g/mol. The van der Waals surface area contributed by atoms with Gasteiger partial charge in [0.15, 0.2) is 0 Å². The van der Waals surface area contributed by atoms with Gasteiger partial charge in [-0.25, -0.2) is 0 Å². The molecule has 1 N–H and O–H groups in total. The summed E-state index contributed by atoms with van der Waals surface area (Å²) in [5, 5.41) is 15.0. The molecule has 0 saturated heterocycles. The van der Waals surface area contributed by atoms with Crippen molar-refractivity contribution in [2.75, 3.05) is 6.54 Å². The van der Waals surface area contributed by atoms with Crippen molar-refractivity contribution in [3.05, 3.63) is 29.8 Å². The summed E-state index contributed by atoms with van der Waals surface area (Å²) < 4.78 is 5.24. The van der Waals surface area contributed by atoms with Crippen LogP contribution in [0.4, 0.5) is 0 Å². The zero-order valence-corrected chi connectivity index (χ0v) is 13.3. The second kappa shape index (κ2) is 6.65. The Kier molecular flexibility index (Phi) is 4.87. The molecule has 7 nitrogen and oxygen atoms in total. The quantitative estimate of drug-likeness (QED) is 0.839. The number of esters is 1. The van der Waals surface area contributed by atoms with Crippen molar-refractivity contribution in [2.24, 2.45) is 7.05 Å². The van der Waals surface area contributed by atoms with Crippen molar-refractivity contribution in [1.82, 2.24) is 25.5 Å². The van der Waals surface area contributed by atoms with Crippen molar-refractivity contribution >= 4 is 5.97 Å². The summed E-state index contributed by atoms with van der Waals surface area (Å²) in [5.74, 6) is 0.315. The maximum atomic E-state index is 11.6. The van der Waals surface area contributed by atoms with Crippen LogP contribution in [0.1, 0.15) is 26.3 Å². The number of benzene rings is 1. The molecule has 0 unspecified atom stereocenters. The summed E-state index contributed by atoms with van der Waals surface area (Å²) >= 11 is 0. The molecule has 22 heavy (non-hydrogen) atoms. The van der Waals surface area contributed by atoms with Crippen LogP contribution in [0.15, 0.2) is 24.3 Å². The molecule has 2 rings (SSSR count).